The molecule has 0 bridgehead atoms. The van der Waals surface area contributed by atoms with Crippen LogP contribution < -0.4 is 5.32 Å². The van der Waals surface area contributed by atoms with Gasteiger partial charge in [0.1, 0.15) is 0 Å². The number of hydrogen-bond acceptors (Lipinski definition) is 1. The fourth-order valence-corrected chi connectivity index (χ4v) is 2.51. The Hall–Kier alpha value is -0.800. The predicted molar refractivity (Wildman–Crippen MR) is 85.1 cm³/mol. The quantitative estimate of drug-likeness (QED) is 0.733. The van der Waals surface area contributed by atoms with Crippen molar-refractivity contribution in [1.29, 1.82) is 0 Å². The predicted octanol–water partition coefficient (Wildman–Crippen LogP) is 5.69. The van der Waals surface area contributed by atoms with Gasteiger partial charge in [-0.1, -0.05) is 44.0 Å². The molecule has 0 fully saturated rings. The van der Waals surface area contributed by atoms with E-state index in [-0.39, 0.29) is 6.04 Å². The Bertz CT molecular complexity index is 552. The average Bonchev–Trinajstić information content (AvgIpc) is 2.34. The standard InChI is InChI=1S/C15H15Br2N/c1-10-8-14(6-7-15(10)17)18-11(2)12-4-3-5-13(16)9-12/h3-9,11,18H,1-2H3. The highest BCUT2D eigenvalue weighted by Gasteiger charge is 2.06. The maximum atomic E-state index is 3.52. The van der Waals surface area contributed by atoms with Gasteiger partial charge in [0, 0.05) is 20.7 Å². The molecule has 0 spiro atoms. The van der Waals surface area contributed by atoms with Crippen molar-refractivity contribution in [3.63, 3.8) is 0 Å². The third-order valence-corrected chi connectivity index (χ3v) is 4.27. The fourth-order valence-electron chi connectivity index (χ4n) is 1.84. The Kier molecular flexibility index (Phi) is 4.46. The minimum absolute atomic E-state index is 0.281. The van der Waals surface area contributed by atoms with E-state index < -0.39 is 0 Å². The van der Waals surface area contributed by atoms with Crippen LogP contribution in [0.5, 0.6) is 0 Å². The zero-order chi connectivity index (χ0) is 13.1. The van der Waals surface area contributed by atoms with Crippen molar-refractivity contribution in [2.24, 2.45) is 0 Å². The van der Waals surface area contributed by atoms with Gasteiger partial charge in [0.2, 0.25) is 0 Å². The van der Waals surface area contributed by atoms with Gasteiger partial charge in [-0.3, -0.25) is 0 Å². The van der Waals surface area contributed by atoms with E-state index >= 15 is 0 Å². The van der Waals surface area contributed by atoms with Gasteiger partial charge >= 0.3 is 0 Å². The summed E-state index contributed by atoms with van der Waals surface area (Å²) in [5.41, 5.74) is 3.65. The number of nitrogens with one attached hydrogen (secondary N) is 1. The topological polar surface area (TPSA) is 12.0 Å². The summed E-state index contributed by atoms with van der Waals surface area (Å²) >= 11 is 7.02. The van der Waals surface area contributed by atoms with Crippen LogP contribution in [0.1, 0.15) is 24.1 Å². The number of benzene rings is 2. The minimum Gasteiger partial charge on any atom is -0.379 e. The molecule has 2 rings (SSSR count). The van der Waals surface area contributed by atoms with E-state index in [0.29, 0.717) is 0 Å². The van der Waals surface area contributed by atoms with Crippen molar-refractivity contribution in [3.8, 4) is 0 Å². The molecule has 0 aliphatic rings. The lowest BCUT2D eigenvalue weighted by Crippen LogP contribution is -2.06. The maximum absolute atomic E-state index is 3.52. The van der Waals surface area contributed by atoms with E-state index in [0.717, 1.165) is 14.6 Å². The third kappa shape index (κ3) is 3.36. The first-order chi connectivity index (χ1) is 8.56. The van der Waals surface area contributed by atoms with Crippen molar-refractivity contribution in [1.82, 2.24) is 0 Å². The molecule has 94 valence electrons. The van der Waals surface area contributed by atoms with Crippen molar-refractivity contribution in [3.05, 3.63) is 62.5 Å². The summed E-state index contributed by atoms with van der Waals surface area (Å²) in [7, 11) is 0. The molecule has 3 heteroatoms. The molecular formula is C15H15Br2N. The molecule has 1 nitrogen and oxygen atoms in total. The second-order valence-corrected chi connectivity index (χ2v) is 6.16. The number of hydrogen-bond donors (Lipinski definition) is 1. The van der Waals surface area contributed by atoms with Crippen LogP contribution in [0.2, 0.25) is 0 Å². The zero-order valence-electron chi connectivity index (χ0n) is 10.4. The summed E-state index contributed by atoms with van der Waals surface area (Å²) in [5, 5.41) is 3.51. The summed E-state index contributed by atoms with van der Waals surface area (Å²) in [6, 6.07) is 15.0. The molecule has 0 saturated carbocycles. The highest BCUT2D eigenvalue weighted by atomic mass is 79.9. The van der Waals surface area contributed by atoms with E-state index in [4.69, 9.17) is 0 Å². The largest absolute Gasteiger partial charge is 0.379 e. The molecule has 0 radical (unpaired) electrons. The average molecular weight is 369 g/mol. The van der Waals surface area contributed by atoms with Crippen molar-refractivity contribution >= 4 is 37.5 Å². The molecule has 18 heavy (non-hydrogen) atoms. The second-order valence-electron chi connectivity index (χ2n) is 4.38. The Morgan fingerprint density at radius 3 is 2.50 bits per heavy atom. The lowest BCUT2D eigenvalue weighted by molar-refractivity contribution is 0.883. The molecule has 0 aliphatic carbocycles. The highest BCUT2D eigenvalue weighted by Crippen LogP contribution is 2.25. The van der Waals surface area contributed by atoms with Gasteiger partial charge in [-0.2, -0.15) is 0 Å². The minimum atomic E-state index is 0.281. The number of anilines is 1. The van der Waals surface area contributed by atoms with Gasteiger partial charge in [0.05, 0.1) is 0 Å². The molecule has 1 unspecified atom stereocenters. The summed E-state index contributed by atoms with van der Waals surface area (Å²) in [6.07, 6.45) is 0. The molecule has 2 aromatic rings. The van der Waals surface area contributed by atoms with Gasteiger partial charge in [-0.15, -0.1) is 0 Å². The van der Waals surface area contributed by atoms with Gasteiger partial charge < -0.3 is 5.32 Å². The SMILES string of the molecule is Cc1cc(NC(C)c2cccc(Br)c2)ccc1Br. The Morgan fingerprint density at radius 2 is 1.83 bits per heavy atom. The van der Waals surface area contributed by atoms with E-state index in [1.165, 1.54) is 11.1 Å². The maximum Gasteiger partial charge on any atom is 0.0486 e. The molecule has 0 aliphatic heterocycles. The van der Waals surface area contributed by atoms with Gasteiger partial charge in [0.25, 0.3) is 0 Å². The van der Waals surface area contributed by atoms with Crippen LogP contribution in [0, 0.1) is 6.92 Å². The first-order valence-electron chi connectivity index (χ1n) is 5.84. The van der Waals surface area contributed by atoms with Crippen LogP contribution in [0.25, 0.3) is 0 Å². The molecule has 0 aromatic heterocycles. The number of halogens is 2. The van der Waals surface area contributed by atoms with E-state index in [1.807, 2.05) is 6.07 Å². The van der Waals surface area contributed by atoms with E-state index in [9.17, 15) is 0 Å². The van der Waals surface area contributed by atoms with Gasteiger partial charge in [0.15, 0.2) is 0 Å². The smallest absolute Gasteiger partial charge is 0.0486 e. The van der Waals surface area contributed by atoms with E-state index in [2.05, 4.69) is 87.4 Å². The van der Waals surface area contributed by atoms with Crippen LogP contribution in [-0.2, 0) is 0 Å². The zero-order valence-corrected chi connectivity index (χ0v) is 13.5. The fraction of sp³-hybridized carbons (Fsp3) is 0.200. The summed E-state index contributed by atoms with van der Waals surface area (Å²) < 4.78 is 2.25. The summed E-state index contributed by atoms with van der Waals surface area (Å²) in [5.74, 6) is 0. The van der Waals surface area contributed by atoms with Gasteiger partial charge in [-0.25, -0.2) is 0 Å². The molecule has 0 heterocycles. The molecule has 1 atom stereocenters. The van der Waals surface area contributed by atoms with Crippen LogP contribution in [0.15, 0.2) is 51.4 Å². The van der Waals surface area contributed by atoms with Crippen LogP contribution in [0.3, 0.4) is 0 Å². The monoisotopic (exact) mass is 367 g/mol. The van der Waals surface area contributed by atoms with Crippen LogP contribution in [0.4, 0.5) is 5.69 Å². The third-order valence-electron chi connectivity index (χ3n) is 2.89. The Morgan fingerprint density at radius 1 is 1.06 bits per heavy atom. The highest BCUT2D eigenvalue weighted by molar-refractivity contribution is 9.10. The van der Waals surface area contributed by atoms with Crippen LogP contribution >= 0.6 is 31.9 Å². The molecule has 0 amide bonds. The van der Waals surface area contributed by atoms with Crippen molar-refractivity contribution < 1.29 is 0 Å². The van der Waals surface area contributed by atoms with Crippen molar-refractivity contribution in [2.75, 3.05) is 5.32 Å². The molecule has 0 saturated heterocycles. The first kappa shape index (κ1) is 13.6. The molecule has 2 aromatic carbocycles. The Labute approximate surface area is 125 Å². The Balaban J connectivity index is 2.16. The number of aryl methyl sites for hydroxylation is 1. The second kappa shape index (κ2) is 5.89. The van der Waals surface area contributed by atoms with E-state index in [1.54, 1.807) is 0 Å². The van der Waals surface area contributed by atoms with Gasteiger partial charge in [-0.05, 0) is 55.3 Å². The van der Waals surface area contributed by atoms with Crippen LogP contribution in [-0.4, -0.2) is 0 Å². The van der Waals surface area contributed by atoms with Crippen molar-refractivity contribution in [2.45, 2.75) is 19.9 Å². The first-order valence-corrected chi connectivity index (χ1v) is 7.43. The summed E-state index contributed by atoms with van der Waals surface area (Å²) in [4.78, 5) is 0. The number of rotatable bonds is 3. The lowest BCUT2D eigenvalue weighted by Gasteiger charge is -2.16. The molecular weight excluding hydrogens is 354 g/mol. The summed E-state index contributed by atoms with van der Waals surface area (Å²) in [6.45, 7) is 4.26. The lowest BCUT2D eigenvalue weighted by atomic mass is 10.1. The molecule has 1 N–H and O–H groups in total. The normalized spacial score (nSPS) is 12.2.